The van der Waals surface area contributed by atoms with E-state index in [0.717, 1.165) is 24.2 Å². The molecule has 128 valence electrons. The number of aromatic nitrogens is 3. The summed E-state index contributed by atoms with van der Waals surface area (Å²) >= 11 is 0. The van der Waals surface area contributed by atoms with Gasteiger partial charge in [-0.1, -0.05) is 32.1 Å². The second kappa shape index (κ2) is 7.95. The summed E-state index contributed by atoms with van der Waals surface area (Å²) in [6.07, 6.45) is 8.58. The van der Waals surface area contributed by atoms with Gasteiger partial charge in [0.1, 0.15) is 5.75 Å². The van der Waals surface area contributed by atoms with Gasteiger partial charge in [-0.2, -0.15) is 0 Å². The quantitative estimate of drug-likeness (QED) is 0.899. The Morgan fingerprint density at radius 2 is 1.71 bits per heavy atom. The molecule has 0 saturated heterocycles. The summed E-state index contributed by atoms with van der Waals surface area (Å²) in [5, 5.41) is 11.6. The van der Waals surface area contributed by atoms with Crippen LogP contribution in [0.15, 0.2) is 29.1 Å². The SMILES string of the molecule is COc1ccc(-c2nnc(NC3CCCCCCC3)[nH]c2=O)cc1. The first-order valence-corrected chi connectivity index (χ1v) is 8.64. The molecule has 1 aromatic heterocycles. The van der Waals surface area contributed by atoms with E-state index in [1.54, 1.807) is 31.4 Å². The predicted octanol–water partition coefficient (Wildman–Crippen LogP) is 3.37. The maximum atomic E-state index is 12.3. The minimum Gasteiger partial charge on any atom is -0.497 e. The number of aromatic amines is 1. The van der Waals surface area contributed by atoms with Gasteiger partial charge in [-0.05, 0) is 37.1 Å². The molecule has 2 aromatic rings. The first-order valence-electron chi connectivity index (χ1n) is 8.64. The van der Waals surface area contributed by atoms with Crippen molar-refractivity contribution < 1.29 is 4.74 Å². The zero-order valence-electron chi connectivity index (χ0n) is 14.0. The summed E-state index contributed by atoms with van der Waals surface area (Å²) in [6.45, 7) is 0. The molecule has 1 aliphatic carbocycles. The van der Waals surface area contributed by atoms with Crippen LogP contribution < -0.4 is 15.6 Å². The lowest BCUT2D eigenvalue weighted by atomic mass is 9.97. The Balaban J connectivity index is 1.72. The van der Waals surface area contributed by atoms with Crippen molar-refractivity contribution in [2.24, 2.45) is 0 Å². The third kappa shape index (κ3) is 4.13. The van der Waals surface area contributed by atoms with Gasteiger partial charge >= 0.3 is 0 Å². The van der Waals surface area contributed by atoms with Gasteiger partial charge in [0.2, 0.25) is 5.95 Å². The lowest BCUT2D eigenvalue weighted by Gasteiger charge is -2.20. The van der Waals surface area contributed by atoms with Gasteiger partial charge in [0.15, 0.2) is 5.69 Å². The number of rotatable bonds is 4. The molecule has 6 heteroatoms. The summed E-state index contributed by atoms with van der Waals surface area (Å²) in [4.78, 5) is 15.1. The smallest absolute Gasteiger partial charge is 0.279 e. The third-order valence-electron chi connectivity index (χ3n) is 4.51. The van der Waals surface area contributed by atoms with Crippen molar-refractivity contribution in [3.05, 3.63) is 34.6 Å². The predicted molar refractivity (Wildman–Crippen MR) is 94.4 cm³/mol. The van der Waals surface area contributed by atoms with Gasteiger partial charge < -0.3 is 10.1 Å². The van der Waals surface area contributed by atoms with E-state index >= 15 is 0 Å². The van der Waals surface area contributed by atoms with E-state index in [-0.39, 0.29) is 5.56 Å². The van der Waals surface area contributed by atoms with Crippen molar-refractivity contribution >= 4 is 5.95 Å². The molecule has 0 aliphatic heterocycles. The minimum absolute atomic E-state index is 0.233. The Bertz CT molecular complexity index is 704. The van der Waals surface area contributed by atoms with E-state index < -0.39 is 0 Å². The molecule has 0 bridgehead atoms. The molecule has 1 aliphatic rings. The lowest BCUT2D eigenvalue weighted by molar-refractivity contribution is 0.415. The molecule has 1 heterocycles. The molecule has 3 rings (SSSR count). The zero-order valence-corrected chi connectivity index (χ0v) is 14.0. The van der Waals surface area contributed by atoms with E-state index in [1.165, 1.54) is 32.1 Å². The van der Waals surface area contributed by atoms with Crippen LogP contribution in [0, 0.1) is 0 Å². The molecule has 0 unspecified atom stereocenters. The van der Waals surface area contributed by atoms with Crippen molar-refractivity contribution in [1.29, 1.82) is 0 Å². The summed E-state index contributed by atoms with van der Waals surface area (Å²) in [5.41, 5.74) is 0.812. The van der Waals surface area contributed by atoms with Crippen molar-refractivity contribution in [2.45, 2.75) is 51.0 Å². The summed E-state index contributed by atoms with van der Waals surface area (Å²) < 4.78 is 5.13. The molecule has 24 heavy (non-hydrogen) atoms. The van der Waals surface area contributed by atoms with Gasteiger partial charge in [-0.3, -0.25) is 9.78 Å². The average molecular weight is 328 g/mol. The number of ether oxygens (including phenoxy) is 1. The Kier molecular flexibility index (Phi) is 5.46. The van der Waals surface area contributed by atoms with Crippen LogP contribution >= 0.6 is 0 Å². The standard InChI is InChI=1S/C18H24N4O2/c1-24-15-11-9-13(10-12-15)16-17(23)20-18(22-21-16)19-14-7-5-3-2-4-6-8-14/h9-12,14H,2-8H2,1H3,(H2,19,20,22,23). The number of anilines is 1. The van der Waals surface area contributed by atoms with Crippen molar-refractivity contribution in [2.75, 3.05) is 12.4 Å². The van der Waals surface area contributed by atoms with Crippen LogP contribution in [0.25, 0.3) is 11.3 Å². The van der Waals surface area contributed by atoms with Gasteiger partial charge in [0.05, 0.1) is 7.11 Å². The van der Waals surface area contributed by atoms with Gasteiger partial charge in [0.25, 0.3) is 5.56 Å². The largest absolute Gasteiger partial charge is 0.497 e. The molecule has 0 spiro atoms. The van der Waals surface area contributed by atoms with Crippen LogP contribution in [-0.4, -0.2) is 28.3 Å². The molecule has 6 nitrogen and oxygen atoms in total. The monoisotopic (exact) mass is 328 g/mol. The molecule has 0 radical (unpaired) electrons. The van der Waals surface area contributed by atoms with Gasteiger partial charge in [-0.15, -0.1) is 10.2 Å². The number of hydrogen-bond acceptors (Lipinski definition) is 5. The fraction of sp³-hybridized carbons (Fsp3) is 0.500. The fourth-order valence-corrected chi connectivity index (χ4v) is 3.13. The highest BCUT2D eigenvalue weighted by Crippen LogP contribution is 2.20. The number of methoxy groups -OCH3 is 1. The molecule has 1 saturated carbocycles. The lowest BCUT2D eigenvalue weighted by Crippen LogP contribution is -2.25. The number of benzene rings is 1. The molecular formula is C18H24N4O2. The highest BCUT2D eigenvalue weighted by molar-refractivity contribution is 5.58. The fourth-order valence-electron chi connectivity index (χ4n) is 3.13. The number of hydrogen-bond donors (Lipinski definition) is 2. The third-order valence-corrected chi connectivity index (χ3v) is 4.51. The van der Waals surface area contributed by atoms with Crippen molar-refractivity contribution in [3.63, 3.8) is 0 Å². The Morgan fingerprint density at radius 3 is 2.33 bits per heavy atom. The highest BCUT2D eigenvalue weighted by Gasteiger charge is 2.13. The van der Waals surface area contributed by atoms with Gasteiger partial charge in [-0.25, -0.2) is 0 Å². The average Bonchev–Trinajstić information content (AvgIpc) is 2.57. The van der Waals surface area contributed by atoms with Crippen LogP contribution in [0.5, 0.6) is 5.75 Å². The molecule has 0 atom stereocenters. The summed E-state index contributed by atoms with van der Waals surface area (Å²) in [7, 11) is 1.61. The van der Waals surface area contributed by atoms with Crippen LogP contribution in [0.1, 0.15) is 44.9 Å². The molecule has 0 amide bonds. The Hall–Kier alpha value is -2.37. The van der Waals surface area contributed by atoms with Crippen LogP contribution in [-0.2, 0) is 0 Å². The summed E-state index contributed by atoms with van der Waals surface area (Å²) in [5.74, 6) is 1.20. The molecule has 2 N–H and O–H groups in total. The zero-order chi connectivity index (χ0) is 16.8. The number of nitrogens with zero attached hydrogens (tertiary/aromatic N) is 2. The van der Waals surface area contributed by atoms with E-state index in [0.29, 0.717) is 17.7 Å². The molecule has 1 aromatic carbocycles. The molecule has 1 fully saturated rings. The minimum atomic E-state index is -0.233. The normalized spacial score (nSPS) is 16.2. The van der Waals surface area contributed by atoms with Crippen molar-refractivity contribution in [1.82, 2.24) is 15.2 Å². The topological polar surface area (TPSA) is 79.9 Å². The van der Waals surface area contributed by atoms with E-state index in [4.69, 9.17) is 4.74 Å². The van der Waals surface area contributed by atoms with E-state index in [1.807, 2.05) is 0 Å². The second-order valence-electron chi connectivity index (χ2n) is 6.27. The van der Waals surface area contributed by atoms with Crippen molar-refractivity contribution in [3.8, 4) is 17.0 Å². The first kappa shape index (κ1) is 16.5. The van der Waals surface area contributed by atoms with Crippen LogP contribution in [0.3, 0.4) is 0 Å². The van der Waals surface area contributed by atoms with E-state index in [9.17, 15) is 4.79 Å². The van der Waals surface area contributed by atoms with Crippen LogP contribution in [0.4, 0.5) is 5.95 Å². The van der Waals surface area contributed by atoms with E-state index in [2.05, 4.69) is 20.5 Å². The summed E-state index contributed by atoms with van der Waals surface area (Å²) in [6, 6.07) is 7.58. The number of H-pyrrole nitrogens is 1. The Labute approximate surface area is 141 Å². The first-order chi connectivity index (χ1) is 11.8. The maximum absolute atomic E-state index is 12.3. The maximum Gasteiger partial charge on any atom is 0.279 e. The molecular weight excluding hydrogens is 304 g/mol. The second-order valence-corrected chi connectivity index (χ2v) is 6.27. The van der Waals surface area contributed by atoms with Gasteiger partial charge in [0, 0.05) is 11.6 Å². The highest BCUT2D eigenvalue weighted by atomic mass is 16.5. The Morgan fingerprint density at radius 1 is 1.04 bits per heavy atom. The van der Waals surface area contributed by atoms with Crippen LogP contribution in [0.2, 0.25) is 0 Å². The number of nitrogens with one attached hydrogen (secondary N) is 2.